The second-order valence-corrected chi connectivity index (χ2v) is 6.07. The van der Waals surface area contributed by atoms with E-state index in [1.807, 2.05) is 0 Å². The zero-order valence-corrected chi connectivity index (χ0v) is 11.1. The highest BCUT2D eigenvalue weighted by Gasteiger charge is 2.37. The van der Waals surface area contributed by atoms with Gasteiger partial charge in [0.2, 0.25) is 0 Å². The van der Waals surface area contributed by atoms with Crippen molar-refractivity contribution in [3.63, 3.8) is 0 Å². The fourth-order valence-corrected chi connectivity index (χ4v) is 3.30. The SMILES string of the molecule is CC1CC(N2CCNCC2(C)C)CC(C)O1. The molecule has 0 radical (unpaired) electrons. The number of hydrogen-bond acceptors (Lipinski definition) is 3. The van der Waals surface area contributed by atoms with Crippen LogP contribution < -0.4 is 5.32 Å². The van der Waals surface area contributed by atoms with E-state index in [-0.39, 0.29) is 0 Å². The van der Waals surface area contributed by atoms with Gasteiger partial charge in [-0.15, -0.1) is 0 Å². The molecule has 2 heterocycles. The summed E-state index contributed by atoms with van der Waals surface area (Å²) in [4.78, 5) is 2.69. The minimum absolute atomic E-state index is 0.291. The Morgan fingerprint density at radius 1 is 1.19 bits per heavy atom. The number of rotatable bonds is 1. The fourth-order valence-electron chi connectivity index (χ4n) is 3.30. The van der Waals surface area contributed by atoms with Gasteiger partial charge >= 0.3 is 0 Å². The molecular formula is C13H26N2O. The lowest BCUT2D eigenvalue weighted by atomic mass is 9.91. The first kappa shape index (κ1) is 12.3. The predicted octanol–water partition coefficient (Wildman–Crippen LogP) is 1.63. The highest BCUT2D eigenvalue weighted by atomic mass is 16.5. The van der Waals surface area contributed by atoms with Crippen molar-refractivity contribution in [3.05, 3.63) is 0 Å². The third-order valence-electron chi connectivity index (χ3n) is 3.98. The highest BCUT2D eigenvalue weighted by Crippen LogP contribution is 2.29. The molecule has 16 heavy (non-hydrogen) atoms. The van der Waals surface area contributed by atoms with Gasteiger partial charge in [0.1, 0.15) is 0 Å². The first-order valence-corrected chi connectivity index (χ1v) is 6.62. The van der Waals surface area contributed by atoms with Crippen LogP contribution in [0.25, 0.3) is 0 Å². The fraction of sp³-hybridized carbons (Fsp3) is 1.00. The lowest BCUT2D eigenvalue weighted by Crippen LogP contribution is -2.62. The second kappa shape index (κ2) is 4.63. The van der Waals surface area contributed by atoms with E-state index in [1.54, 1.807) is 0 Å². The summed E-state index contributed by atoms with van der Waals surface area (Å²) in [6, 6.07) is 0.704. The number of ether oxygens (including phenoxy) is 1. The van der Waals surface area contributed by atoms with Crippen LogP contribution in [0.1, 0.15) is 40.5 Å². The molecule has 1 N–H and O–H groups in total. The molecule has 3 heteroatoms. The van der Waals surface area contributed by atoms with Crippen LogP contribution in [0.2, 0.25) is 0 Å². The Balaban J connectivity index is 2.04. The summed E-state index contributed by atoms with van der Waals surface area (Å²) < 4.78 is 5.83. The smallest absolute Gasteiger partial charge is 0.0565 e. The van der Waals surface area contributed by atoms with Crippen molar-refractivity contribution in [1.82, 2.24) is 10.2 Å². The van der Waals surface area contributed by atoms with Crippen LogP contribution in [0.15, 0.2) is 0 Å². The molecule has 0 aromatic carbocycles. The monoisotopic (exact) mass is 226 g/mol. The molecule has 0 bridgehead atoms. The first-order chi connectivity index (χ1) is 7.49. The molecule has 3 nitrogen and oxygen atoms in total. The molecule has 2 fully saturated rings. The standard InChI is InChI=1S/C13H26N2O/c1-10-7-12(8-11(2)16-10)15-6-5-14-9-13(15,3)4/h10-12,14H,5-9H2,1-4H3. The van der Waals surface area contributed by atoms with Crippen molar-refractivity contribution < 1.29 is 4.74 Å². The maximum Gasteiger partial charge on any atom is 0.0565 e. The van der Waals surface area contributed by atoms with E-state index in [0.717, 1.165) is 13.1 Å². The van der Waals surface area contributed by atoms with Gasteiger partial charge in [-0.3, -0.25) is 4.90 Å². The minimum Gasteiger partial charge on any atom is -0.375 e. The van der Waals surface area contributed by atoms with Gasteiger partial charge in [0.15, 0.2) is 0 Å². The van der Waals surface area contributed by atoms with Gasteiger partial charge in [-0.1, -0.05) is 0 Å². The Labute approximate surface area is 99.5 Å². The van der Waals surface area contributed by atoms with Gasteiger partial charge in [0, 0.05) is 31.2 Å². The molecule has 2 atom stereocenters. The molecular weight excluding hydrogens is 200 g/mol. The molecule has 0 aliphatic carbocycles. The molecule has 0 aromatic rings. The van der Waals surface area contributed by atoms with Crippen LogP contribution >= 0.6 is 0 Å². The lowest BCUT2D eigenvalue weighted by molar-refractivity contribution is -0.0865. The van der Waals surface area contributed by atoms with Crippen molar-refractivity contribution in [2.45, 2.75) is 64.3 Å². The van der Waals surface area contributed by atoms with Crippen LogP contribution in [0, 0.1) is 0 Å². The second-order valence-electron chi connectivity index (χ2n) is 6.07. The number of nitrogens with zero attached hydrogens (tertiary/aromatic N) is 1. The molecule has 2 unspecified atom stereocenters. The van der Waals surface area contributed by atoms with Crippen molar-refractivity contribution in [3.8, 4) is 0 Å². The topological polar surface area (TPSA) is 24.5 Å². The largest absolute Gasteiger partial charge is 0.375 e. The minimum atomic E-state index is 0.291. The van der Waals surface area contributed by atoms with E-state index in [2.05, 4.69) is 37.9 Å². The van der Waals surface area contributed by atoms with Crippen molar-refractivity contribution in [2.75, 3.05) is 19.6 Å². The first-order valence-electron chi connectivity index (χ1n) is 6.62. The van der Waals surface area contributed by atoms with Gasteiger partial charge < -0.3 is 10.1 Å². The zero-order chi connectivity index (χ0) is 11.8. The van der Waals surface area contributed by atoms with E-state index in [9.17, 15) is 0 Å². The van der Waals surface area contributed by atoms with Crippen LogP contribution in [0.5, 0.6) is 0 Å². The molecule has 0 spiro atoms. The predicted molar refractivity (Wildman–Crippen MR) is 66.7 cm³/mol. The molecule has 0 amide bonds. The maximum atomic E-state index is 5.83. The molecule has 2 aliphatic heterocycles. The normalized spacial score (nSPS) is 40.9. The van der Waals surface area contributed by atoms with Gasteiger partial charge in [0.05, 0.1) is 12.2 Å². The Morgan fingerprint density at radius 2 is 1.81 bits per heavy atom. The third kappa shape index (κ3) is 2.58. The Kier molecular flexibility index (Phi) is 3.57. The lowest BCUT2D eigenvalue weighted by Gasteiger charge is -2.50. The molecule has 2 saturated heterocycles. The Morgan fingerprint density at radius 3 is 2.38 bits per heavy atom. The highest BCUT2D eigenvalue weighted by molar-refractivity contribution is 4.94. The summed E-state index contributed by atoms with van der Waals surface area (Å²) >= 11 is 0. The van der Waals surface area contributed by atoms with E-state index in [1.165, 1.54) is 19.4 Å². The van der Waals surface area contributed by atoms with E-state index >= 15 is 0 Å². The van der Waals surface area contributed by atoms with Gasteiger partial charge in [0.25, 0.3) is 0 Å². The van der Waals surface area contributed by atoms with Gasteiger partial charge in [-0.2, -0.15) is 0 Å². The number of nitrogens with one attached hydrogen (secondary N) is 1. The zero-order valence-electron chi connectivity index (χ0n) is 11.1. The summed E-state index contributed by atoms with van der Waals surface area (Å²) in [5.74, 6) is 0. The van der Waals surface area contributed by atoms with Crippen LogP contribution in [-0.2, 0) is 4.74 Å². The summed E-state index contributed by atoms with van der Waals surface area (Å²) in [6.07, 6.45) is 3.21. The maximum absolute atomic E-state index is 5.83. The van der Waals surface area contributed by atoms with Crippen molar-refractivity contribution in [2.24, 2.45) is 0 Å². The summed E-state index contributed by atoms with van der Waals surface area (Å²) in [6.45, 7) is 12.5. The van der Waals surface area contributed by atoms with Crippen LogP contribution in [-0.4, -0.2) is 48.3 Å². The number of hydrogen-bond donors (Lipinski definition) is 1. The average molecular weight is 226 g/mol. The molecule has 94 valence electrons. The molecule has 2 aliphatic rings. The summed E-state index contributed by atoms with van der Waals surface area (Å²) in [5, 5.41) is 3.49. The Bertz CT molecular complexity index is 232. The van der Waals surface area contributed by atoms with Crippen LogP contribution in [0.4, 0.5) is 0 Å². The average Bonchev–Trinajstić information content (AvgIpc) is 2.15. The molecule has 2 rings (SSSR count). The van der Waals surface area contributed by atoms with Gasteiger partial charge in [-0.05, 0) is 40.5 Å². The third-order valence-corrected chi connectivity index (χ3v) is 3.98. The summed E-state index contributed by atoms with van der Waals surface area (Å²) in [7, 11) is 0. The number of piperazine rings is 1. The van der Waals surface area contributed by atoms with Crippen LogP contribution in [0.3, 0.4) is 0 Å². The Hall–Kier alpha value is -0.120. The summed E-state index contributed by atoms with van der Waals surface area (Å²) in [5.41, 5.74) is 0.291. The van der Waals surface area contributed by atoms with E-state index in [0.29, 0.717) is 23.8 Å². The molecule has 0 aromatic heterocycles. The van der Waals surface area contributed by atoms with Crippen molar-refractivity contribution >= 4 is 0 Å². The quantitative estimate of drug-likeness (QED) is 0.735. The van der Waals surface area contributed by atoms with E-state index in [4.69, 9.17) is 4.74 Å². The van der Waals surface area contributed by atoms with Crippen molar-refractivity contribution in [1.29, 1.82) is 0 Å². The van der Waals surface area contributed by atoms with Gasteiger partial charge in [-0.25, -0.2) is 0 Å². The van der Waals surface area contributed by atoms with E-state index < -0.39 is 0 Å². The molecule has 0 saturated carbocycles.